The molecule has 0 radical (unpaired) electrons. The molecule has 0 unspecified atom stereocenters. The normalized spacial score (nSPS) is 9.94. The lowest BCUT2D eigenvalue weighted by Crippen LogP contribution is -2.17. The molecule has 0 saturated carbocycles. The fourth-order valence-electron chi connectivity index (χ4n) is 1.65. The van der Waals surface area contributed by atoms with E-state index in [0.717, 1.165) is 6.42 Å². The minimum atomic E-state index is -0.0551. The topological polar surface area (TPSA) is 42.0 Å². The van der Waals surface area contributed by atoms with Crippen LogP contribution in [0.25, 0.3) is 0 Å². The first-order valence-corrected chi connectivity index (χ1v) is 5.49. The summed E-state index contributed by atoms with van der Waals surface area (Å²) in [5.74, 6) is -0.0551. The van der Waals surface area contributed by atoms with E-state index in [4.69, 9.17) is 0 Å². The van der Waals surface area contributed by atoms with Crippen LogP contribution in [0, 0.1) is 0 Å². The summed E-state index contributed by atoms with van der Waals surface area (Å²) in [5, 5.41) is 2.60. The standard InChI is InChI=1S/C14H14N2O/c1-15-14(17)13-4-2-11(3-5-13)10-12-6-8-16-9-7-12/h2-9H,10H2,1H3,(H,15,17). The van der Waals surface area contributed by atoms with E-state index in [-0.39, 0.29) is 5.91 Å². The van der Waals surface area contributed by atoms with Crippen molar-refractivity contribution in [2.45, 2.75) is 6.42 Å². The summed E-state index contributed by atoms with van der Waals surface area (Å²) in [6.45, 7) is 0. The number of nitrogens with zero attached hydrogens (tertiary/aromatic N) is 1. The maximum absolute atomic E-state index is 11.4. The van der Waals surface area contributed by atoms with E-state index in [0.29, 0.717) is 5.56 Å². The molecule has 0 fully saturated rings. The average Bonchev–Trinajstić information content (AvgIpc) is 2.40. The predicted octanol–water partition coefficient (Wildman–Crippen LogP) is 2.03. The van der Waals surface area contributed by atoms with Gasteiger partial charge >= 0.3 is 0 Å². The zero-order valence-corrected chi connectivity index (χ0v) is 9.68. The van der Waals surface area contributed by atoms with E-state index < -0.39 is 0 Å². The monoisotopic (exact) mass is 226 g/mol. The van der Waals surface area contributed by atoms with Gasteiger partial charge in [0.1, 0.15) is 0 Å². The molecular formula is C14H14N2O. The predicted molar refractivity (Wildman–Crippen MR) is 66.9 cm³/mol. The van der Waals surface area contributed by atoms with Gasteiger partial charge in [0.15, 0.2) is 0 Å². The average molecular weight is 226 g/mol. The van der Waals surface area contributed by atoms with E-state index in [9.17, 15) is 4.79 Å². The summed E-state index contributed by atoms with van der Waals surface area (Å²) < 4.78 is 0. The molecule has 1 aromatic carbocycles. The Balaban J connectivity index is 2.11. The fraction of sp³-hybridized carbons (Fsp3) is 0.143. The molecule has 0 aliphatic rings. The Kier molecular flexibility index (Phi) is 3.50. The molecule has 1 aromatic heterocycles. The summed E-state index contributed by atoms with van der Waals surface area (Å²) in [5.41, 5.74) is 3.09. The van der Waals surface area contributed by atoms with E-state index in [1.165, 1.54) is 11.1 Å². The number of carbonyl (C=O) groups is 1. The van der Waals surface area contributed by atoms with Crippen molar-refractivity contribution in [3.63, 3.8) is 0 Å². The van der Waals surface area contributed by atoms with Crippen molar-refractivity contribution in [1.82, 2.24) is 10.3 Å². The van der Waals surface area contributed by atoms with Gasteiger partial charge in [-0.25, -0.2) is 0 Å². The van der Waals surface area contributed by atoms with Crippen LogP contribution in [0.2, 0.25) is 0 Å². The lowest BCUT2D eigenvalue weighted by molar-refractivity contribution is 0.0963. The molecule has 2 aromatic rings. The third-order valence-corrected chi connectivity index (χ3v) is 2.60. The smallest absolute Gasteiger partial charge is 0.251 e. The second-order valence-corrected chi connectivity index (χ2v) is 3.81. The van der Waals surface area contributed by atoms with Crippen molar-refractivity contribution in [3.05, 3.63) is 65.5 Å². The van der Waals surface area contributed by atoms with Crippen LogP contribution in [0.1, 0.15) is 21.5 Å². The Bertz CT molecular complexity index is 491. The summed E-state index contributed by atoms with van der Waals surface area (Å²) in [7, 11) is 1.63. The third kappa shape index (κ3) is 2.91. The van der Waals surface area contributed by atoms with Crippen LogP contribution in [-0.2, 0) is 6.42 Å². The summed E-state index contributed by atoms with van der Waals surface area (Å²) >= 11 is 0. The van der Waals surface area contributed by atoms with Gasteiger partial charge in [-0.1, -0.05) is 12.1 Å². The van der Waals surface area contributed by atoms with E-state index in [2.05, 4.69) is 10.3 Å². The molecule has 86 valence electrons. The van der Waals surface area contributed by atoms with Crippen molar-refractivity contribution in [2.75, 3.05) is 7.05 Å². The van der Waals surface area contributed by atoms with Crippen LogP contribution in [0.5, 0.6) is 0 Å². The molecule has 3 heteroatoms. The van der Waals surface area contributed by atoms with Crippen LogP contribution in [0.15, 0.2) is 48.8 Å². The van der Waals surface area contributed by atoms with E-state index >= 15 is 0 Å². The Morgan fingerprint density at radius 2 is 1.65 bits per heavy atom. The molecule has 2 rings (SSSR count). The zero-order valence-electron chi connectivity index (χ0n) is 9.68. The molecule has 0 aliphatic carbocycles. The molecule has 17 heavy (non-hydrogen) atoms. The fourth-order valence-corrected chi connectivity index (χ4v) is 1.65. The second-order valence-electron chi connectivity index (χ2n) is 3.81. The highest BCUT2D eigenvalue weighted by Crippen LogP contribution is 2.10. The van der Waals surface area contributed by atoms with Gasteiger partial charge in [-0.15, -0.1) is 0 Å². The van der Waals surface area contributed by atoms with Crippen LogP contribution in [0.4, 0.5) is 0 Å². The zero-order chi connectivity index (χ0) is 12.1. The van der Waals surface area contributed by atoms with Gasteiger partial charge in [0.2, 0.25) is 0 Å². The third-order valence-electron chi connectivity index (χ3n) is 2.60. The number of hydrogen-bond acceptors (Lipinski definition) is 2. The van der Waals surface area contributed by atoms with Gasteiger partial charge in [0.05, 0.1) is 0 Å². The number of pyridine rings is 1. The quantitative estimate of drug-likeness (QED) is 0.870. The Morgan fingerprint density at radius 3 is 2.24 bits per heavy atom. The molecule has 0 aliphatic heterocycles. The van der Waals surface area contributed by atoms with Gasteiger partial charge in [-0.3, -0.25) is 9.78 Å². The van der Waals surface area contributed by atoms with Crippen molar-refractivity contribution >= 4 is 5.91 Å². The number of aromatic nitrogens is 1. The van der Waals surface area contributed by atoms with Gasteiger partial charge in [-0.05, 0) is 41.8 Å². The molecule has 1 N–H and O–H groups in total. The molecule has 0 spiro atoms. The maximum Gasteiger partial charge on any atom is 0.251 e. The highest BCUT2D eigenvalue weighted by molar-refractivity contribution is 5.93. The van der Waals surface area contributed by atoms with Crippen molar-refractivity contribution < 1.29 is 4.79 Å². The molecule has 0 bridgehead atoms. The first-order valence-electron chi connectivity index (χ1n) is 5.49. The number of hydrogen-bond donors (Lipinski definition) is 1. The van der Waals surface area contributed by atoms with Gasteiger partial charge in [-0.2, -0.15) is 0 Å². The minimum absolute atomic E-state index is 0.0551. The highest BCUT2D eigenvalue weighted by Gasteiger charge is 2.02. The minimum Gasteiger partial charge on any atom is -0.355 e. The van der Waals surface area contributed by atoms with Crippen molar-refractivity contribution in [1.29, 1.82) is 0 Å². The van der Waals surface area contributed by atoms with Crippen molar-refractivity contribution in [3.8, 4) is 0 Å². The lowest BCUT2D eigenvalue weighted by atomic mass is 10.0. The Labute approximate surface area is 101 Å². The van der Waals surface area contributed by atoms with Crippen molar-refractivity contribution in [2.24, 2.45) is 0 Å². The highest BCUT2D eigenvalue weighted by atomic mass is 16.1. The number of nitrogens with one attached hydrogen (secondary N) is 1. The van der Waals surface area contributed by atoms with Gasteiger partial charge in [0, 0.05) is 25.0 Å². The molecule has 1 amide bonds. The SMILES string of the molecule is CNC(=O)c1ccc(Cc2ccncc2)cc1. The number of amides is 1. The summed E-state index contributed by atoms with van der Waals surface area (Å²) in [6, 6.07) is 11.6. The van der Waals surface area contributed by atoms with Gasteiger partial charge < -0.3 is 5.32 Å². The summed E-state index contributed by atoms with van der Waals surface area (Å²) in [4.78, 5) is 15.3. The first-order chi connectivity index (χ1) is 8.29. The summed E-state index contributed by atoms with van der Waals surface area (Å²) in [6.07, 6.45) is 4.43. The molecule has 0 saturated heterocycles. The largest absolute Gasteiger partial charge is 0.355 e. The molecule has 1 heterocycles. The molecule has 0 atom stereocenters. The maximum atomic E-state index is 11.4. The van der Waals surface area contributed by atoms with Gasteiger partial charge in [0.25, 0.3) is 5.91 Å². The molecule has 3 nitrogen and oxygen atoms in total. The second kappa shape index (κ2) is 5.25. The van der Waals surface area contributed by atoms with Crippen LogP contribution >= 0.6 is 0 Å². The first kappa shape index (κ1) is 11.3. The van der Waals surface area contributed by atoms with E-state index in [1.807, 2.05) is 36.4 Å². The number of benzene rings is 1. The van der Waals surface area contributed by atoms with Crippen LogP contribution in [0.3, 0.4) is 0 Å². The van der Waals surface area contributed by atoms with Crippen LogP contribution in [-0.4, -0.2) is 17.9 Å². The number of rotatable bonds is 3. The Hall–Kier alpha value is -2.16. The molecular weight excluding hydrogens is 212 g/mol. The lowest BCUT2D eigenvalue weighted by Gasteiger charge is -2.03. The van der Waals surface area contributed by atoms with E-state index in [1.54, 1.807) is 19.4 Å². The van der Waals surface area contributed by atoms with Crippen LogP contribution < -0.4 is 5.32 Å². The number of carbonyl (C=O) groups excluding carboxylic acids is 1. The Morgan fingerprint density at radius 1 is 1.06 bits per heavy atom.